The molecule has 0 amide bonds. The summed E-state index contributed by atoms with van der Waals surface area (Å²) < 4.78 is 29.2. The largest absolute Gasteiger partial charge is 0.378 e. The van der Waals surface area contributed by atoms with Crippen molar-refractivity contribution in [3.8, 4) is 11.3 Å². The van der Waals surface area contributed by atoms with Crippen LogP contribution in [0.25, 0.3) is 11.3 Å². The van der Waals surface area contributed by atoms with Crippen LogP contribution in [0.1, 0.15) is 45.6 Å². The van der Waals surface area contributed by atoms with Crippen LogP contribution in [0.3, 0.4) is 0 Å². The molecule has 1 heterocycles. The minimum absolute atomic E-state index is 0.227. The first-order valence-corrected chi connectivity index (χ1v) is 9.51. The molecule has 0 bridgehead atoms. The van der Waals surface area contributed by atoms with Gasteiger partial charge in [0.1, 0.15) is 11.6 Å². The second-order valence-electron chi connectivity index (χ2n) is 6.84. The molecule has 142 valence electrons. The van der Waals surface area contributed by atoms with E-state index in [0.717, 1.165) is 11.8 Å². The van der Waals surface area contributed by atoms with Crippen molar-refractivity contribution in [2.24, 2.45) is 0 Å². The van der Waals surface area contributed by atoms with Crippen LogP contribution in [-0.2, 0) is 5.41 Å². The SMILES string of the molecule is CCC(Cl)C(CC)(CC)c1cc(F)cc(F)c1-c1cc(N(C)C)ccn1. The Morgan fingerprint density at radius 2 is 1.77 bits per heavy atom. The second kappa shape index (κ2) is 8.34. The van der Waals surface area contributed by atoms with Gasteiger partial charge >= 0.3 is 0 Å². The summed E-state index contributed by atoms with van der Waals surface area (Å²) in [5.74, 6) is -1.19. The van der Waals surface area contributed by atoms with Crippen LogP contribution >= 0.6 is 11.6 Å². The highest BCUT2D eigenvalue weighted by atomic mass is 35.5. The van der Waals surface area contributed by atoms with Crippen LogP contribution in [0, 0.1) is 11.6 Å². The van der Waals surface area contributed by atoms with E-state index >= 15 is 0 Å². The molecule has 0 saturated carbocycles. The van der Waals surface area contributed by atoms with Gasteiger partial charge < -0.3 is 4.90 Å². The number of hydrogen-bond donors (Lipinski definition) is 0. The average Bonchev–Trinajstić information content (AvgIpc) is 2.62. The number of benzene rings is 1. The maximum Gasteiger partial charge on any atom is 0.135 e. The van der Waals surface area contributed by atoms with Crippen molar-refractivity contribution in [1.29, 1.82) is 0 Å². The molecule has 1 aromatic carbocycles. The fraction of sp³-hybridized carbons (Fsp3) is 0.476. The molecular formula is C21H27ClF2N2. The van der Waals surface area contributed by atoms with Crippen molar-refractivity contribution in [2.45, 2.75) is 50.8 Å². The molecule has 2 nitrogen and oxygen atoms in total. The van der Waals surface area contributed by atoms with Crippen LogP contribution in [0.2, 0.25) is 0 Å². The molecule has 26 heavy (non-hydrogen) atoms. The second-order valence-corrected chi connectivity index (χ2v) is 7.37. The van der Waals surface area contributed by atoms with E-state index in [0.29, 0.717) is 36.1 Å². The van der Waals surface area contributed by atoms with Gasteiger partial charge in [-0.25, -0.2) is 8.78 Å². The molecule has 1 unspecified atom stereocenters. The quantitative estimate of drug-likeness (QED) is 0.534. The van der Waals surface area contributed by atoms with E-state index in [1.807, 2.05) is 51.9 Å². The van der Waals surface area contributed by atoms with Crippen LogP contribution in [-0.4, -0.2) is 24.5 Å². The Morgan fingerprint density at radius 1 is 1.12 bits per heavy atom. The molecule has 0 saturated heterocycles. The molecule has 2 aromatic rings. The lowest BCUT2D eigenvalue weighted by atomic mass is 9.70. The molecule has 0 radical (unpaired) electrons. The van der Waals surface area contributed by atoms with Crippen molar-refractivity contribution in [2.75, 3.05) is 19.0 Å². The zero-order valence-corrected chi connectivity index (χ0v) is 16.9. The van der Waals surface area contributed by atoms with E-state index in [9.17, 15) is 8.78 Å². The van der Waals surface area contributed by atoms with Crippen molar-refractivity contribution >= 4 is 17.3 Å². The van der Waals surface area contributed by atoms with Gasteiger partial charge in [0.2, 0.25) is 0 Å². The van der Waals surface area contributed by atoms with Crippen LogP contribution < -0.4 is 4.90 Å². The summed E-state index contributed by atoms with van der Waals surface area (Å²) in [6, 6.07) is 6.04. The molecule has 0 N–H and O–H groups in total. The number of hydrogen-bond acceptors (Lipinski definition) is 2. The number of anilines is 1. The van der Waals surface area contributed by atoms with Gasteiger partial charge in [-0.3, -0.25) is 4.98 Å². The highest BCUT2D eigenvalue weighted by molar-refractivity contribution is 6.21. The van der Waals surface area contributed by atoms with Gasteiger partial charge in [-0.1, -0.05) is 20.8 Å². The summed E-state index contributed by atoms with van der Waals surface area (Å²) in [5.41, 5.74) is 1.82. The summed E-state index contributed by atoms with van der Waals surface area (Å²) in [6.45, 7) is 6.04. The van der Waals surface area contributed by atoms with Gasteiger partial charge in [0, 0.05) is 48.4 Å². The maximum absolute atomic E-state index is 15.0. The Kier molecular flexibility index (Phi) is 6.62. The van der Waals surface area contributed by atoms with Gasteiger partial charge in [0.05, 0.1) is 5.69 Å². The molecule has 5 heteroatoms. The monoisotopic (exact) mass is 380 g/mol. The molecule has 2 rings (SSSR count). The fourth-order valence-electron chi connectivity index (χ4n) is 3.69. The Hall–Kier alpha value is -1.68. The molecule has 1 atom stereocenters. The normalized spacial score (nSPS) is 12.9. The summed E-state index contributed by atoms with van der Waals surface area (Å²) >= 11 is 6.70. The topological polar surface area (TPSA) is 16.1 Å². The van der Waals surface area contributed by atoms with Crippen LogP contribution in [0.15, 0.2) is 30.5 Å². The number of aromatic nitrogens is 1. The van der Waals surface area contributed by atoms with Crippen LogP contribution in [0.4, 0.5) is 14.5 Å². The van der Waals surface area contributed by atoms with E-state index in [2.05, 4.69) is 4.98 Å². The number of rotatable bonds is 7. The minimum atomic E-state index is -0.602. The molecular weight excluding hydrogens is 354 g/mol. The Labute approximate surface area is 160 Å². The lowest BCUT2D eigenvalue weighted by molar-refractivity contribution is 0.366. The standard InChI is InChI=1S/C21H27ClF2N2/c1-6-19(22)21(7-2,8-3)16-11-14(23)12-17(24)20(16)18-13-15(26(4)5)9-10-25-18/h9-13,19H,6-8H2,1-5H3. The minimum Gasteiger partial charge on any atom is -0.378 e. The summed E-state index contributed by atoms with van der Waals surface area (Å²) in [5, 5.41) is -0.227. The van der Waals surface area contributed by atoms with Gasteiger partial charge in [-0.05, 0) is 43.0 Å². The number of pyridine rings is 1. The highest BCUT2D eigenvalue weighted by Gasteiger charge is 2.38. The first-order chi connectivity index (χ1) is 12.3. The van der Waals surface area contributed by atoms with Crippen LogP contribution in [0.5, 0.6) is 0 Å². The first-order valence-electron chi connectivity index (χ1n) is 9.08. The van der Waals surface area contributed by atoms with Crippen molar-refractivity contribution in [1.82, 2.24) is 4.98 Å². The highest BCUT2D eigenvalue weighted by Crippen LogP contribution is 2.45. The smallest absolute Gasteiger partial charge is 0.135 e. The van der Waals surface area contributed by atoms with Crippen molar-refractivity contribution in [3.05, 3.63) is 47.7 Å². The Balaban J connectivity index is 2.81. The first kappa shape index (κ1) is 20.6. The molecule has 0 spiro atoms. The van der Waals surface area contributed by atoms with Gasteiger partial charge in [-0.2, -0.15) is 0 Å². The fourth-order valence-corrected chi connectivity index (χ4v) is 4.12. The van der Waals surface area contributed by atoms with E-state index in [-0.39, 0.29) is 5.38 Å². The predicted octanol–water partition coefficient (Wildman–Crippen LogP) is 6.17. The number of nitrogens with zero attached hydrogens (tertiary/aromatic N) is 2. The average molecular weight is 381 g/mol. The number of alkyl halides is 1. The van der Waals surface area contributed by atoms with E-state index in [1.54, 1.807) is 6.20 Å². The zero-order chi connectivity index (χ0) is 19.5. The van der Waals surface area contributed by atoms with Gasteiger partial charge in [-0.15, -0.1) is 11.6 Å². The van der Waals surface area contributed by atoms with E-state index < -0.39 is 17.0 Å². The molecule has 0 aliphatic rings. The van der Waals surface area contributed by atoms with Gasteiger partial charge in [0.25, 0.3) is 0 Å². The zero-order valence-electron chi connectivity index (χ0n) is 16.1. The van der Waals surface area contributed by atoms with Gasteiger partial charge in [0.15, 0.2) is 0 Å². The maximum atomic E-state index is 15.0. The lowest BCUT2D eigenvalue weighted by Crippen LogP contribution is -2.36. The third kappa shape index (κ3) is 3.71. The molecule has 1 aromatic heterocycles. The third-order valence-corrected chi connectivity index (χ3v) is 6.05. The Bertz CT molecular complexity index is 758. The molecule has 0 fully saturated rings. The summed E-state index contributed by atoms with van der Waals surface area (Å²) in [7, 11) is 3.82. The molecule has 0 aliphatic carbocycles. The third-order valence-electron chi connectivity index (χ3n) is 5.33. The lowest BCUT2D eigenvalue weighted by Gasteiger charge is -2.38. The van der Waals surface area contributed by atoms with E-state index in [1.165, 1.54) is 6.07 Å². The van der Waals surface area contributed by atoms with Crippen molar-refractivity contribution in [3.63, 3.8) is 0 Å². The number of halogens is 3. The Morgan fingerprint density at radius 3 is 2.31 bits per heavy atom. The van der Waals surface area contributed by atoms with E-state index in [4.69, 9.17) is 11.6 Å². The summed E-state index contributed by atoms with van der Waals surface area (Å²) in [4.78, 5) is 6.30. The summed E-state index contributed by atoms with van der Waals surface area (Å²) in [6.07, 6.45) is 3.74. The van der Waals surface area contributed by atoms with Crippen molar-refractivity contribution < 1.29 is 8.78 Å². The predicted molar refractivity (Wildman–Crippen MR) is 106 cm³/mol. The molecule has 0 aliphatic heterocycles.